The van der Waals surface area contributed by atoms with Crippen molar-refractivity contribution < 1.29 is 22.0 Å². The Bertz CT molecular complexity index is 1120. The molecule has 0 heterocycles. The Hall–Kier alpha value is -3.26. The van der Waals surface area contributed by atoms with Crippen molar-refractivity contribution in [3.63, 3.8) is 0 Å². The van der Waals surface area contributed by atoms with Gasteiger partial charge in [0.25, 0.3) is 10.0 Å². The van der Waals surface area contributed by atoms with E-state index in [1.54, 1.807) is 24.3 Å². The third-order valence-corrected chi connectivity index (χ3v) is 5.20. The molecule has 1 amide bonds. The quantitative estimate of drug-likeness (QED) is 0.701. The molecule has 0 fully saturated rings. The van der Waals surface area contributed by atoms with E-state index in [-0.39, 0.29) is 11.3 Å². The number of benzene rings is 3. The standard InChI is InChI=1S/C19H14F2N2O3S/c20-15-8-6-13(12-4-2-1-3-5-12)10-17(15)23-27(25,26)18-11-14(19(22)24)7-9-16(18)21/h1-11,23H,(H2,22,24). The highest BCUT2D eigenvalue weighted by atomic mass is 32.2. The van der Waals surface area contributed by atoms with E-state index in [9.17, 15) is 22.0 Å². The lowest BCUT2D eigenvalue weighted by Gasteiger charge is -2.12. The van der Waals surface area contributed by atoms with Crippen LogP contribution in [0.2, 0.25) is 0 Å². The number of nitrogens with one attached hydrogen (secondary N) is 1. The maximum atomic E-state index is 14.1. The van der Waals surface area contributed by atoms with Gasteiger partial charge >= 0.3 is 0 Å². The summed E-state index contributed by atoms with van der Waals surface area (Å²) in [5, 5.41) is 0. The van der Waals surface area contributed by atoms with E-state index < -0.39 is 32.5 Å². The number of halogens is 2. The van der Waals surface area contributed by atoms with Crippen LogP contribution in [0.15, 0.2) is 71.6 Å². The predicted octanol–water partition coefficient (Wildman–Crippen LogP) is 3.53. The molecule has 0 saturated heterocycles. The molecule has 0 radical (unpaired) electrons. The molecule has 5 nitrogen and oxygen atoms in total. The van der Waals surface area contributed by atoms with Crippen LogP contribution in [0.25, 0.3) is 11.1 Å². The number of anilines is 1. The average Bonchev–Trinajstić information content (AvgIpc) is 2.64. The van der Waals surface area contributed by atoms with Crippen LogP contribution in [-0.4, -0.2) is 14.3 Å². The van der Waals surface area contributed by atoms with E-state index >= 15 is 0 Å². The van der Waals surface area contributed by atoms with Crippen LogP contribution in [0, 0.1) is 11.6 Å². The second-order valence-electron chi connectivity index (χ2n) is 5.68. The van der Waals surface area contributed by atoms with Gasteiger partial charge in [-0.25, -0.2) is 17.2 Å². The molecule has 0 unspecified atom stereocenters. The highest BCUT2D eigenvalue weighted by molar-refractivity contribution is 7.92. The predicted molar refractivity (Wildman–Crippen MR) is 97.6 cm³/mol. The Morgan fingerprint density at radius 3 is 2.19 bits per heavy atom. The third kappa shape index (κ3) is 3.95. The molecule has 0 saturated carbocycles. The fourth-order valence-electron chi connectivity index (χ4n) is 2.48. The van der Waals surface area contributed by atoms with Gasteiger partial charge in [0.2, 0.25) is 5.91 Å². The van der Waals surface area contributed by atoms with Crippen molar-refractivity contribution in [1.82, 2.24) is 0 Å². The lowest BCUT2D eigenvalue weighted by molar-refractivity contribution is 0.1000. The summed E-state index contributed by atoms with van der Waals surface area (Å²) in [7, 11) is -4.49. The Labute approximate surface area is 154 Å². The van der Waals surface area contributed by atoms with Crippen molar-refractivity contribution in [2.45, 2.75) is 4.90 Å². The molecule has 138 valence electrons. The fraction of sp³-hybridized carbons (Fsp3) is 0. The number of carbonyl (C=O) groups excluding carboxylic acids is 1. The zero-order chi connectivity index (χ0) is 19.6. The Kier molecular flexibility index (Phi) is 4.91. The molecule has 0 aromatic heterocycles. The first-order valence-corrected chi connectivity index (χ1v) is 9.23. The van der Waals surface area contributed by atoms with Gasteiger partial charge in [0.05, 0.1) is 5.69 Å². The number of hydrogen-bond donors (Lipinski definition) is 2. The summed E-state index contributed by atoms with van der Waals surface area (Å²) < 4.78 is 55.2. The smallest absolute Gasteiger partial charge is 0.264 e. The molecular formula is C19H14F2N2O3S. The lowest BCUT2D eigenvalue weighted by Crippen LogP contribution is -2.18. The second-order valence-corrected chi connectivity index (χ2v) is 7.33. The molecule has 0 atom stereocenters. The summed E-state index contributed by atoms with van der Waals surface area (Å²) in [5.41, 5.74) is 5.89. The molecule has 0 aliphatic heterocycles. The molecule has 8 heteroatoms. The zero-order valence-electron chi connectivity index (χ0n) is 13.8. The summed E-state index contributed by atoms with van der Waals surface area (Å²) in [6, 6.07) is 15.5. The van der Waals surface area contributed by atoms with Gasteiger partial charge in [0, 0.05) is 5.56 Å². The first-order valence-electron chi connectivity index (χ1n) is 7.75. The van der Waals surface area contributed by atoms with E-state index in [1.807, 2.05) is 10.8 Å². The molecular weight excluding hydrogens is 374 g/mol. The van der Waals surface area contributed by atoms with Gasteiger partial charge in [0.15, 0.2) is 0 Å². The van der Waals surface area contributed by atoms with E-state index in [0.29, 0.717) is 5.56 Å². The fourth-order valence-corrected chi connectivity index (χ4v) is 3.64. The van der Waals surface area contributed by atoms with Crippen molar-refractivity contribution in [2.75, 3.05) is 4.72 Å². The van der Waals surface area contributed by atoms with Gasteiger partial charge in [-0.05, 0) is 41.5 Å². The Balaban J connectivity index is 2.02. The first kappa shape index (κ1) is 18.5. The van der Waals surface area contributed by atoms with Crippen LogP contribution in [0.3, 0.4) is 0 Å². The van der Waals surface area contributed by atoms with E-state index in [4.69, 9.17) is 5.73 Å². The van der Waals surface area contributed by atoms with Crippen LogP contribution >= 0.6 is 0 Å². The molecule has 0 aliphatic carbocycles. The highest BCUT2D eigenvalue weighted by Gasteiger charge is 2.22. The number of sulfonamides is 1. The third-order valence-electron chi connectivity index (χ3n) is 3.82. The lowest BCUT2D eigenvalue weighted by atomic mass is 10.1. The van der Waals surface area contributed by atoms with E-state index in [1.165, 1.54) is 12.1 Å². The maximum absolute atomic E-state index is 14.1. The minimum atomic E-state index is -4.49. The highest BCUT2D eigenvalue weighted by Crippen LogP contribution is 2.27. The number of amides is 1. The van der Waals surface area contributed by atoms with Gasteiger partial charge in [-0.15, -0.1) is 0 Å². The molecule has 3 N–H and O–H groups in total. The molecule has 27 heavy (non-hydrogen) atoms. The average molecular weight is 388 g/mol. The zero-order valence-corrected chi connectivity index (χ0v) is 14.6. The normalized spacial score (nSPS) is 11.2. The summed E-state index contributed by atoms with van der Waals surface area (Å²) in [4.78, 5) is 10.4. The van der Waals surface area contributed by atoms with Crippen LogP contribution in [0.1, 0.15) is 10.4 Å². The number of primary amides is 1. The summed E-state index contributed by atoms with van der Waals surface area (Å²) in [5.74, 6) is -2.83. The topological polar surface area (TPSA) is 89.3 Å². The molecule has 0 aliphatic rings. The monoisotopic (exact) mass is 388 g/mol. The summed E-state index contributed by atoms with van der Waals surface area (Å²) in [6.45, 7) is 0. The SMILES string of the molecule is NC(=O)c1ccc(F)c(S(=O)(=O)Nc2cc(-c3ccccc3)ccc2F)c1. The first-order chi connectivity index (χ1) is 12.8. The van der Waals surface area contributed by atoms with Gasteiger partial charge in [-0.3, -0.25) is 9.52 Å². The van der Waals surface area contributed by atoms with Gasteiger partial charge in [-0.1, -0.05) is 36.4 Å². The van der Waals surface area contributed by atoms with Crippen molar-refractivity contribution in [3.05, 3.63) is 83.9 Å². The molecule has 3 rings (SSSR count). The van der Waals surface area contributed by atoms with Crippen LogP contribution < -0.4 is 10.5 Å². The number of carbonyl (C=O) groups is 1. The second kappa shape index (κ2) is 7.16. The van der Waals surface area contributed by atoms with E-state index in [2.05, 4.69) is 0 Å². The van der Waals surface area contributed by atoms with Gasteiger partial charge in [-0.2, -0.15) is 0 Å². The minimum absolute atomic E-state index is 0.185. The number of hydrogen-bond acceptors (Lipinski definition) is 3. The van der Waals surface area contributed by atoms with Crippen LogP contribution in [0.4, 0.5) is 14.5 Å². The van der Waals surface area contributed by atoms with Crippen LogP contribution in [0.5, 0.6) is 0 Å². The van der Waals surface area contributed by atoms with Crippen molar-refractivity contribution in [1.29, 1.82) is 0 Å². The molecule has 0 spiro atoms. The van der Waals surface area contributed by atoms with Crippen molar-refractivity contribution in [2.24, 2.45) is 5.73 Å². The van der Waals surface area contributed by atoms with Crippen molar-refractivity contribution >= 4 is 21.6 Å². The number of rotatable bonds is 5. The Morgan fingerprint density at radius 2 is 1.52 bits per heavy atom. The van der Waals surface area contributed by atoms with Crippen molar-refractivity contribution in [3.8, 4) is 11.1 Å². The largest absolute Gasteiger partial charge is 0.366 e. The minimum Gasteiger partial charge on any atom is -0.366 e. The molecule has 0 bridgehead atoms. The van der Waals surface area contributed by atoms with Crippen LogP contribution in [-0.2, 0) is 10.0 Å². The number of nitrogens with two attached hydrogens (primary N) is 1. The summed E-state index contributed by atoms with van der Waals surface area (Å²) in [6.07, 6.45) is 0. The Morgan fingerprint density at radius 1 is 0.852 bits per heavy atom. The van der Waals surface area contributed by atoms with E-state index in [0.717, 1.165) is 29.8 Å². The molecule has 3 aromatic carbocycles. The van der Waals surface area contributed by atoms with Gasteiger partial charge < -0.3 is 5.73 Å². The maximum Gasteiger partial charge on any atom is 0.264 e. The summed E-state index contributed by atoms with van der Waals surface area (Å²) >= 11 is 0. The molecule has 3 aromatic rings. The van der Waals surface area contributed by atoms with Gasteiger partial charge in [0.1, 0.15) is 16.5 Å².